The molecule has 0 bridgehead atoms. The summed E-state index contributed by atoms with van der Waals surface area (Å²) in [6.07, 6.45) is 0.930. The minimum absolute atomic E-state index is 0.658. The molecule has 4 heteroatoms. The maximum absolute atomic E-state index is 6.17. The van der Waals surface area contributed by atoms with Crippen molar-refractivity contribution in [2.45, 2.75) is 33.7 Å². The van der Waals surface area contributed by atoms with E-state index in [0.29, 0.717) is 5.92 Å². The van der Waals surface area contributed by atoms with Crippen molar-refractivity contribution in [1.82, 2.24) is 15.1 Å². The highest BCUT2D eigenvalue weighted by Crippen LogP contribution is 2.19. The maximum Gasteiger partial charge on any atom is 0.131 e. The van der Waals surface area contributed by atoms with Crippen molar-refractivity contribution in [1.29, 1.82) is 0 Å². The normalized spacial score (nSPS) is 11.3. The third-order valence-corrected chi connectivity index (χ3v) is 2.81. The molecule has 0 aromatic carbocycles. The Morgan fingerprint density at radius 2 is 2.13 bits per heavy atom. The Labute approximate surface area is 96.8 Å². The molecule has 1 rings (SSSR count). The zero-order chi connectivity index (χ0) is 11.4. The van der Waals surface area contributed by atoms with E-state index >= 15 is 0 Å². The molecule has 86 valence electrons. The molecule has 0 radical (unpaired) electrons. The molecular formula is C11H20ClN3. The summed E-state index contributed by atoms with van der Waals surface area (Å²) in [4.78, 5) is 0. The number of rotatable bonds is 5. The summed E-state index contributed by atoms with van der Waals surface area (Å²) in [5, 5.41) is 8.52. The Morgan fingerprint density at radius 3 is 2.67 bits per heavy atom. The Balaban J connectivity index is 2.66. The smallest absolute Gasteiger partial charge is 0.131 e. The van der Waals surface area contributed by atoms with Gasteiger partial charge in [-0.05, 0) is 18.9 Å². The van der Waals surface area contributed by atoms with Crippen LogP contribution in [0.3, 0.4) is 0 Å². The predicted molar refractivity (Wildman–Crippen MR) is 64.1 cm³/mol. The monoisotopic (exact) mass is 229 g/mol. The van der Waals surface area contributed by atoms with Crippen molar-refractivity contribution in [3.05, 3.63) is 16.4 Å². The number of halogens is 1. The van der Waals surface area contributed by atoms with E-state index in [1.54, 1.807) is 4.68 Å². The van der Waals surface area contributed by atoms with Gasteiger partial charge < -0.3 is 5.32 Å². The summed E-state index contributed by atoms with van der Waals surface area (Å²) >= 11 is 6.17. The number of nitrogens with zero attached hydrogens (tertiary/aromatic N) is 2. The topological polar surface area (TPSA) is 29.9 Å². The van der Waals surface area contributed by atoms with Gasteiger partial charge in [0.05, 0.1) is 5.69 Å². The fourth-order valence-corrected chi connectivity index (χ4v) is 1.76. The van der Waals surface area contributed by atoms with Gasteiger partial charge in [0.2, 0.25) is 0 Å². The largest absolute Gasteiger partial charge is 0.312 e. The molecule has 0 aliphatic heterocycles. The van der Waals surface area contributed by atoms with Gasteiger partial charge >= 0.3 is 0 Å². The minimum Gasteiger partial charge on any atom is -0.312 e. The molecule has 0 aliphatic rings. The first-order valence-corrected chi connectivity index (χ1v) is 5.85. The zero-order valence-corrected chi connectivity index (χ0v) is 10.7. The summed E-state index contributed by atoms with van der Waals surface area (Å²) in [5.41, 5.74) is 2.24. The number of hydrogen-bond acceptors (Lipinski definition) is 2. The molecule has 1 aromatic heterocycles. The van der Waals surface area contributed by atoms with E-state index in [2.05, 4.69) is 31.2 Å². The van der Waals surface area contributed by atoms with Gasteiger partial charge in [0.1, 0.15) is 5.15 Å². The van der Waals surface area contributed by atoms with E-state index in [-0.39, 0.29) is 0 Å². The molecular weight excluding hydrogens is 210 g/mol. The van der Waals surface area contributed by atoms with Gasteiger partial charge in [-0.15, -0.1) is 0 Å². The molecule has 1 heterocycles. The molecule has 0 atom stereocenters. The molecule has 0 saturated heterocycles. The number of aromatic nitrogens is 2. The first-order valence-electron chi connectivity index (χ1n) is 5.47. The van der Waals surface area contributed by atoms with E-state index < -0.39 is 0 Å². The second-order valence-corrected chi connectivity index (χ2v) is 4.58. The highest BCUT2D eigenvalue weighted by Gasteiger charge is 2.12. The number of hydrogen-bond donors (Lipinski definition) is 1. The van der Waals surface area contributed by atoms with Crippen molar-refractivity contribution in [3.63, 3.8) is 0 Å². The first kappa shape index (κ1) is 12.5. The molecule has 0 unspecified atom stereocenters. The lowest BCUT2D eigenvalue weighted by Gasteiger charge is -2.07. The van der Waals surface area contributed by atoms with E-state index in [1.165, 1.54) is 0 Å². The quantitative estimate of drug-likeness (QED) is 0.840. The molecule has 1 N–H and O–H groups in total. The highest BCUT2D eigenvalue weighted by atomic mass is 35.5. The Morgan fingerprint density at radius 1 is 1.47 bits per heavy atom. The van der Waals surface area contributed by atoms with Gasteiger partial charge in [-0.2, -0.15) is 5.10 Å². The van der Waals surface area contributed by atoms with E-state index in [1.807, 2.05) is 7.05 Å². The van der Waals surface area contributed by atoms with Crippen LogP contribution in [0.5, 0.6) is 0 Å². The van der Waals surface area contributed by atoms with Gasteiger partial charge in [0, 0.05) is 19.2 Å². The lowest BCUT2D eigenvalue weighted by atomic mass is 10.2. The second-order valence-electron chi connectivity index (χ2n) is 4.22. The van der Waals surface area contributed by atoms with Crippen LogP contribution in [-0.2, 0) is 20.0 Å². The van der Waals surface area contributed by atoms with Crippen LogP contribution < -0.4 is 5.32 Å². The van der Waals surface area contributed by atoms with Crippen molar-refractivity contribution < 1.29 is 0 Å². The highest BCUT2D eigenvalue weighted by molar-refractivity contribution is 6.30. The van der Waals surface area contributed by atoms with E-state index in [0.717, 1.165) is 35.9 Å². The SMILES string of the molecule is CCc1nn(C)c(Cl)c1CNCC(C)C. The van der Waals surface area contributed by atoms with E-state index in [4.69, 9.17) is 11.6 Å². The van der Waals surface area contributed by atoms with Gasteiger partial charge in [-0.1, -0.05) is 32.4 Å². The van der Waals surface area contributed by atoms with Gasteiger partial charge in [0.25, 0.3) is 0 Å². The fourth-order valence-electron chi connectivity index (χ4n) is 1.54. The molecule has 0 aliphatic carbocycles. The molecule has 3 nitrogen and oxygen atoms in total. The fraction of sp³-hybridized carbons (Fsp3) is 0.727. The van der Waals surface area contributed by atoms with Crippen molar-refractivity contribution in [3.8, 4) is 0 Å². The van der Waals surface area contributed by atoms with Crippen LogP contribution in [0.4, 0.5) is 0 Å². The summed E-state index contributed by atoms with van der Waals surface area (Å²) in [6.45, 7) is 8.31. The third kappa shape index (κ3) is 3.21. The summed E-state index contributed by atoms with van der Waals surface area (Å²) in [7, 11) is 1.88. The molecule has 0 saturated carbocycles. The standard InChI is InChI=1S/C11H20ClN3/c1-5-10-9(7-13-6-8(2)3)11(12)15(4)14-10/h8,13H,5-7H2,1-4H3. The maximum atomic E-state index is 6.17. The van der Waals surface area contributed by atoms with Crippen molar-refractivity contribution >= 4 is 11.6 Å². The number of aryl methyl sites for hydroxylation is 2. The Kier molecular flexibility index (Phi) is 4.61. The lowest BCUT2D eigenvalue weighted by molar-refractivity contribution is 0.551. The van der Waals surface area contributed by atoms with Crippen LogP contribution in [0.1, 0.15) is 32.0 Å². The van der Waals surface area contributed by atoms with E-state index in [9.17, 15) is 0 Å². The first-order chi connectivity index (χ1) is 7.06. The molecule has 0 amide bonds. The van der Waals surface area contributed by atoms with Gasteiger partial charge in [-0.25, -0.2) is 0 Å². The zero-order valence-electron chi connectivity index (χ0n) is 9.97. The second kappa shape index (κ2) is 5.52. The van der Waals surface area contributed by atoms with Crippen LogP contribution >= 0.6 is 11.6 Å². The molecule has 15 heavy (non-hydrogen) atoms. The summed E-state index contributed by atoms with van der Waals surface area (Å²) in [6, 6.07) is 0. The molecule has 1 aromatic rings. The molecule has 0 spiro atoms. The van der Waals surface area contributed by atoms with Crippen LogP contribution in [0, 0.1) is 5.92 Å². The Bertz CT molecular complexity index is 318. The van der Waals surface area contributed by atoms with Crippen LogP contribution in [-0.4, -0.2) is 16.3 Å². The minimum atomic E-state index is 0.658. The lowest BCUT2D eigenvalue weighted by Crippen LogP contribution is -2.19. The van der Waals surface area contributed by atoms with Crippen molar-refractivity contribution in [2.75, 3.05) is 6.54 Å². The van der Waals surface area contributed by atoms with Crippen molar-refractivity contribution in [2.24, 2.45) is 13.0 Å². The average molecular weight is 230 g/mol. The predicted octanol–water partition coefficient (Wildman–Crippen LogP) is 2.38. The van der Waals surface area contributed by atoms with Crippen LogP contribution in [0.2, 0.25) is 5.15 Å². The van der Waals surface area contributed by atoms with Gasteiger partial charge in [0.15, 0.2) is 0 Å². The van der Waals surface area contributed by atoms with Crippen LogP contribution in [0.25, 0.3) is 0 Å². The Hall–Kier alpha value is -0.540. The number of nitrogens with one attached hydrogen (secondary N) is 1. The van der Waals surface area contributed by atoms with Crippen LogP contribution in [0.15, 0.2) is 0 Å². The summed E-state index contributed by atoms with van der Waals surface area (Å²) in [5.74, 6) is 0.658. The van der Waals surface area contributed by atoms with Gasteiger partial charge in [-0.3, -0.25) is 4.68 Å². The third-order valence-electron chi connectivity index (χ3n) is 2.34. The summed E-state index contributed by atoms with van der Waals surface area (Å²) < 4.78 is 1.74. The molecule has 0 fully saturated rings. The average Bonchev–Trinajstić information content (AvgIpc) is 2.44.